The summed E-state index contributed by atoms with van der Waals surface area (Å²) in [6.07, 6.45) is 3.35. The van der Waals surface area contributed by atoms with Gasteiger partial charge in [-0.15, -0.1) is 0 Å². The van der Waals surface area contributed by atoms with Gasteiger partial charge in [0, 0.05) is 36.0 Å². The normalized spacial score (nSPS) is 19.2. The van der Waals surface area contributed by atoms with Gasteiger partial charge < -0.3 is 10.0 Å². The van der Waals surface area contributed by atoms with E-state index in [0.29, 0.717) is 11.6 Å². The molecule has 1 atom stereocenters. The first-order chi connectivity index (χ1) is 8.67. The Morgan fingerprint density at radius 2 is 2.33 bits per heavy atom. The van der Waals surface area contributed by atoms with Gasteiger partial charge in [-0.05, 0) is 25.3 Å². The Morgan fingerprint density at radius 3 is 2.94 bits per heavy atom. The molecule has 5 nitrogen and oxygen atoms in total. The summed E-state index contributed by atoms with van der Waals surface area (Å²) in [4.78, 5) is 12.6. The van der Waals surface area contributed by atoms with Crippen molar-refractivity contribution in [1.29, 1.82) is 0 Å². The molecule has 0 radical (unpaired) electrons. The summed E-state index contributed by atoms with van der Waals surface area (Å²) in [6.45, 7) is 2.94. The summed E-state index contributed by atoms with van der Waals surface area (Å²) >= 11 is 0. The van der Waals surface area contributed by atoms with Gasteiger partial charge in [0.1, 0.15) is 0 Å². The Morgan fingerprint density at radius 1 is 1.56 bits per heavy atom. The Balaban J connectivity index is 2.35. The minimum absolute atomic E-state index is 0.0371. The predicted octanol–water partition coefficient (Wildman–Crippen LogP) is 2.47. The van der Waals surface area contributed by atoms with Crippen LogP contribution in [-0.2, 0) is 6.61 Å². The van der Waals surface area contributed by atoms with Crippen LogP contribution in [0.3, 0.4) is 0 Å². The highest BCUT2D eigenvalue weighted by atomic mass is 16.6. The van der Waals surface area contributed by atoms with Gasteiger partial charge in [-0.25, -0.2) is 0 Å². The number of rotatable bonds is 4. The molecule has 5 heteroatoms. The fourth-order valence-corrected chi connectivity index (χ4v) is 2.67. The molecule has 18 heavy (non-hydrogen) atoms. The molecular weight excluding hydrogens is 232 g/mol. The highest BCUT2D eigenvalue weighted by molar-refractivity contribution is 5.59. The SMILES string of the molecule is CCC1CCCN1c1ccc([N+](=O)[O-])cc1CO. The Hall–Kier alpha value is -1.62. The number of nitrogens with zero attached hydrogens (tertiary/aromatic N) is 2. The average molecular weight is 250 g/mol. The standard InChI is InChI=1S/C13H18N2O3/c1-2-11-4-3-7-14(11)13-6-5-12(15(17)18)8-10(13)9-16/h5-6,8,11,16H,2-4,7,9H2,1H3. The maximum Gasteiger partial charge on any atom is 0.269 e. The third-order valence-corrected chi connectivity index (χ3v) is 3.60. The minimum atomic E-state index is -0.426. The van der Waals surface area contributed by atoms with E-state index in [9.17, 15) is 15.2 Å². The molecule has 0 aromatic heterocycles. The Labute approximate surface area is 106 Å². The lowest BCUT2D eigenvalue weighted by Crippen LogP contribution is -2.29. The zero-order valence-electron chi connectivity index (χ0n) is 10.5. The quantitative estimate of drug-likeness (QED) is 0.658. The van der Waals surface area contributed by atoms with Crippen molar-refractivity contribution in [2.24, 2.45) is 0 Å². The second kappa shape index (κ2) is 5.35. The van der Waals surface area contributed by atoms with E-state index in [4.69, 9.17) is 0 Å². The van der Waals surface area contributed by atoms with Crippen molar-refractivity contribution in [3.63, 3.8) is 0 Å². The molecule has 98 valence electrons. The smallest absolute Gasteiger partial charge is 0.269 e. The molecule has 1 unspecified atom stereocenters. The number of hydrogen-bond acceptors (Lipinski definition) is 4. The van der Waals surface area contributed by atoms with Crippen LogP contribution >= 0.6 is 0 Å². The topological polar surface area (TPSA) is 66.6 Å². The van der Waals surface area contributed by atoms with Crippen molar-refractivity contribution in [3.8, 4) is 0 Å². The molecule has 0 saturated carbocycles. The number of non-ortho nitro benzene ring substituents is 1. The number of nitro benzene ring substituents is 1. The zero-order chi connectivity index (χ0) is 13.1. The van der Waals surface area contributed by atoms with Crippen LogP contribution in [0.4, 0.5) is 11.4 Å². The van der Waals surface area contributed by atoms with E-state index in [1.807, 2.05) is 0 Å². The van der Waals surface area contributed by atoms with Crippen LogP contribution in [0.2, 0.25) is 0 Å². The minimum Gasteiger partial charge on any atom is -0.392 e. The number of anilines is 1. The van der Waals surface area contributed by atoms with Gasteiger partial charge in [0.05, 0.1) is 11.5 Å². The van der Waals surface area contributed by atoms with Gasteiger partial charge >= 0.3 is 0 Å². The third-order valence-electron chi connectivity index (χ3n) is 3.60. The summed E-state index contributed by atoms with van der Waals surface area (Å²) in [5, 5.41) is 20.1. The average Bonchev–Trinajstić information content (AvgIpc) is 2.85. The van der Waals surface area contributed by atoms with E-state index < -0.39 is 4.92 Å². The van der Waals surface area contributed by atoms with E-state index in [-0.39, 0.29) is 12.3 Å². The summed E-state index contributed by atoms with van der Waals surface area (Å²) in [5.41, 5.74) is 1.62. The maximum absolute atomic E-state index is 10.7. The van der Waals surface area contributed by atoms with Crippen LogP contribution in [-0.4, -0.2) is 22.6 Å². The van der Waals surface area contributed by atoms with Crippen molar-refractivity contribution in [3.05, 3.63) is 33.9 Å². The number of aliphatic hydroxyl groups excluding tert-OH is 1. The molecule has 1 aromatic rings. The van der Waals surface area contributed by atoms with Gasteiger partial charge in [0.2, 0.25) is 0 Å². The number of benzene rings is 1. The Bertz CT molecular complexity index is 448. The van der Waals surface area contributed by atoms with Crippen molar-refractivity contribution < 1.29 is 10.0 Å². The lowest BCUT2D eigenvalue weighted by molar-refractivity contribution is -0.384. The molecule has 1 aliphatic heterocycles. The molecule has 1 heterocycles. The van der Waals surface area contributed by atoms with E-state index in [0.717, 1.165) is 31.5 Å². The third kappa shape index (κ3) is 2.31. The second-order valence-corrected chi connectivity index (χ2v) is 4.63. The first-order valence-corrected chi connectivity index (χ1v) is 6.32. The summed E-state index contributed by atoms with van der Waals surface area (Å²) in [5.74, 6) is 0. The molecule has 2 rings (SSSR count). The number of hydrogen-bond donors (Lipinski definition) is 1. The van der Waals surface area contributed by atoms with Gasteiger partial charge in [0.15, 0.2) is 0 Å². The summed E-state index contributed by atoms with van der Waals surface area (Å²) < 4.78 is 0. The summed E-state index contributed by atoms with van der Waals surface area (Å²) in [7, 11) is 0. The van der Waals surface area contributed by atoms with E-state index in [1.165, 1.54) is 12.1 Å². The maximum atomic E-state index is 10.7. The molecular formula is C13H18N2O3. The highest BCUT2D eigenvalue weighted by Gasteiger charge is 2.25. The van der Waals surface area contributed by atoms with Gasteiger partial charge in [-0.2, -0.15) is 0 Å². The molecule has 1 aromatic carbocycles. The molecule has 0 aliphatic carbocycles. The zero-order valence-corrected chi connectivity index (χ0v) is 10.5. The number of aliphatic hydroxyl groups is 1. The predicted molar refractivity (Wildman–Crippen MR) is 69.7 cm³/mol. The fraction of sp³-hybridized carbons (Fsp3) is 0.538. The molecule has 0 amide bonds. The van der Waals surface area contributed by atoms with Crippen molar-refractivity contribution in [2.75, 3.05) is 11.4 Å². The van der Waals surface area contributed by atoms with E-state index in [1.54, 1.807) is 6.07 Å². The van der Waals surface area contributed by atoms with Gasteiger partial charge in [0.25, 0.3) is 5.69 Å². The molecule has 1 N–H and O–H groups in total. The van der Waals surface area contributed by atoms with E-state index in [2.05, 4.69) is 11.8 Å². The molecule has 0 bridgehead atoms. The molecule has 1 fully saturated rings. The van der Waals surface area contributed by atoms with Crippen LogP contribution in [0, 0.1) is 10.1 Å². The molecule has 1 saturated heterocycles. The van der Waals surface area contributed by atoms with Crippen molar-refractivity contribution in [1.82, 2.24) is 0 Å². The van der Waals surface area contributed by atoms with Crippen molar-refractivity contribution in [2.45, 2.75) is 38.8 Å². The van der Waals surface area contributed by atoms with Gasteiger partial charge in [-0.1, -0.05) is 6.92 Å². The first kappa shape index (κ1) is 12.8. The number of nitro groups is 1. The van der Waals surface area contributed by atoms with Crippen LogP contribution in [0.15, 0.2) is 18.2 Å². The molecule has 0 spiro atoms. The largest absolute Gasteiger partial charge is 0.392 e. The van der Waals surface area contributed by atoms with Crippen LogP contribution in [0.1, 0.15) is 31.7 Å². The van der Waals surface area contributed by atoms with Crippen LogP contribution in [0.25, 0.3) is 0 Å². The first-order valence-electron chi connectivity index (χ1n) is 6.32. The van der Waals surface area contributed by atoms with Gasteiger partial charge in [-0.3, -0.25) is 10.1 Å². The summed E-state index contributed by atoms with van der Waals surface area (Å²) in [6, 6.07) is 5.23. The fourth-order valence-electron chi connectivity index (χ4n) is 2.67. The lowest BCUT2D eigenvalue weighted by atomic mass is 10.1. The Kier molecular flexibility index (Phi) is 3.81. The lowest BCUT2D eigenvalue weighted by Gasteiger charge is -2.27. The van der Waals surface area contributed by atoms with Crippen molar-refractivity contribution >= 4 is 11.4 Å². The highest BCUT2D eigenvalue weighted by Crippen LogP contribution is 2.32. The molecule has 1 aliphatic rings. The van der Waals surface area contributed by atoms with Crippen LogP contribution in [0.5, 0.6) is 0 Å². The monoisotopic (exact) mass is 250 g/mol. The van der Waals surface area contributed by atoms with Crippen LogP contribution < -0.4 is 4.90 Å². The van der Waals surface area contributed by atoms with E-state index >= 15 is 0 Å². The second-order valence-electron chi connectivity index (χ2n) is 4.63.